The lowest BCUT2D eigenvalue weighted by Crippen LogP contribution is -2.42. The minimum absolute atomic E-state index is 0.592. The van der Waals surface area contributed by atoms with Crippen molar-refractivity contribution in [3.63, 3.8) is 0 Å². The highest BCUT2D eigenvalue weighted by Crippen LogP contribution is 2.47. The number of nitrogens with one attached hydrogen (secondary N) is 2. The second-order valence-corrected chi connectivity index (χ2v) is 7.88. The van der Waals surface area contributed by atoms with E-state index in [0.29, 0.717) is 6.04 Å². The van der Waals surface area contributed by atoms with Gasteiger partial charge in [0.1, 0.15) is 0 Å². The van der Waals surface area contributed by atoms with E-state index in [1.54, 1.807) is 0 Å². The van der Waals surface area contributed by atoms with Crippen molar-refractivity contribution in [2.45, 2.75) is 49.8 Å². The van der Waals surface area contributed by atoms with Gasteiger partial charge in [0, 0.05) is 24.4 Å². The quantitative estimate of drug-likeness (QED) is 0.617. The maximum Gasteiger partial charge on any atom is 0.191 e. The molecule has 3 nitrogen and oxygen atoms in total. The van der Waals surface area contributed by atoms with Crippen molar-refractivity contribution in [1.82, 2.24) is 10.6 Å². The Bertz CT molecular complexity index is 517. The molecule has 4 atom stereocenters. The average molecular weight is 332 g/mol. The lowest BCUT2D eigenvalue weighted by atomic mass is 10.1. The van der Waals surface area contributed by atoms with E-state index in [9.17, 15) is 0 Å². The highest BCUT2D eigenvalue weighted by Gasteiger charge is 2.37. The maximum atomic E-state index is 4.85. The Kier molecular flexibility index (Phi) is 5.87. The molecule has 1 aromatic rings. The van der Waals surface area contributed by atoms with Gasteiger partial charge in [0.05, 0.1) is 0 Å². The molecule has 4 unspecified atom stereocenters. The van der Waals surface area contributed by atoms with Crippen LogP contribution in [0.1, 0.15) is 44.1 Å². The van der Waals surface area contributed by atoms with Gasteiger partial charge < -0.3 is 10.6 Å². The molecule has 4 heteroatoms. The van der Waals surface area contributed by atoms with Crippen LogP contribution in [0.15, 0.2) is 35.3 Å². The van der Waals surface area contributed by atoms with Crippen LogP contribution in [0.5, 0.6) is 0 Å². The molecule has 0 aliphatic heterocycles. The van der Waals surface area contributed by atoms with Crippen LogP contribution in [0.2, 0.25) is 0 Å². The zero-order chi connectivity index (χ0) is 16.1. The van der Waals surface area contributed by atoms with Gasteiger partial charge in [0.15, 0.2) is 5.96 Å². The number of guanidine groups is 1. The van der Waals surface area contributed by atoms with Gasteiger partial charge in [-0.1, -0.05) is 30.3 Å². The van der Waals surface area contributed by atoms with E-state index in [-0.39, 0.29) is 0 Å². The van der Waals surface area contributed by atoms with Gasteiger partial charge in [-0.25, -0.2) is 0 Å². The molecule has 2 fully saturated rings. The van der Waals surface area contributed by atoms with Gasteiger partial charge in [-0.3, -0.25) is 4.99 Å². The molecule has 0 saturated heterocycles. The van der Waals surface area contributed by atoms with Crippen LogP contribution in [-0.2, 0) is 0 Å². The summed E-state index contributed by atoms with van der Waals surface area (Å²) in [5.74, 6) is 2.45. The van der Waals surface area contributed by atoms with Crippen molar-refractivity contribution in [3.8, 4) is 0 Å². The van der Waals surface area contributed by atoms with E-state index in [1.165, 1.54) is 31.2 Å². The van der Waals surface area contributed by atoms with Crippen LogP contribution in [0.4, 0.5) is 0 Å². The summed E-state index contributed by atoms with van der Waals surface area (Å²) in [4.78, 5) is 4.85. The fourth-order valence-corrected chi connectivity index (χ4v) is 4.36. The fraction of sp³-hybridized carbons (Fsp3) is 0.632. The molecule has 1 aromatic carbocycles. The Hall–Kier alpha value is -1.16. The van der Waals surface area contributed by atoms with Crippen molar-refractivity contribution in [2.24, 2.45) is 10.9 Å². The van der Waals surface area contributed by atoms with E-state index in [1.807, 2.05) is 11.8 Å². The molecular formula is C19H29N3S. The van der Waals surface area contributed by atoms with E-state index < -0.39 is 0 Å². The third kappa shape index (κ3) is 4.66. The number of hydrogen-bond acceptors (Lipinski definition) is 2. The highest BCUT2D eigenvalue weighted by atomic mass is 32.2. The Morgan fingerprint density at radius 1 is 1.22 bits per heavy atom. The predicted molar refractivity (Wildman–Crippen MR) is 101 cm³/mol. The fourth-order valence-electron chi connectivity index (χ4n) is 3.57. The van der Waals surface area contributed by atoms with Crippen LogP contribution >= 0.6 is 11.8 Å². The normalized spacial score (nSPS) is 30.3. The molecule has 2 saturated carbocycles. The van der Waals surface area contributed by atoms with Crippen molar-refractivity contribution in [1.29, 1.82) is 0 Å². The van der Waals surface area contributed by atoms with Crippen LogP contribution in [-0.4, -0.2) is 36.6 Å². The van der Waals surface area contributed by atoms with E-state index >= 15 is 0 Å². The Labute approximate surface area is 144 Å². The lowest BCUT2D eigenvalue weighted by Gasteiger charge is -2.17. The zero-order valence-electron chi connectivity index (χ0n) is 14.3. The summed E-state index contributed by atoms with van der Waals surface area (Å²) in [5, 5.41) is 7.88. The number of rotatable bonds is 6. The monoisotopic (exact) mass is 331 g/mol. The number of thioether (sulfide) groups is 1. The molecule has 126 valence electrons. The Morgan fingerprint density at radius 2 is 2.04 bits per heavy atom. The van der Waals surface area contributed by atoms with E-state index in [2.05, 4.69) is 54.1 Å². The Morgan fingerprint density at radius 3 is 2.74 bits per heavy atom. The molecule has 0 spiro atoms. The molecule has 0 aromatic heterocycles. The summed E-state index contributed by atoms with van der Waals surface area (Å²) in [6.45, 7) is 4.01. The van der Waals surface area contributed by atoms with Gasteiger partial charge in [0.25, 0.3) is 0 Å². The molecular weight excluding hydrogens is 302 g/mol. The first-order chi connectivity index (χ1) is 11.3. The summed E-state index contributed by atoms with van der Waals surface area (Å²) in [6.07, 6.45) is 7.37. The molecule has 0 heterocycles. The number of nitrogens with zero attached hydrogens (tertiary/aromatic N) is 1. The summed E-state index contributed by atoms with van der Waals surface area (Å²) in [6, 6.07) is 11.5. The van der Waals surface area contributed by atoms with Gasteiger partial charge in [-0.15, -0.1) is 0 Å². The smallest absolute Gasteiger partial charge is 0.191 e. The molecule has 0 amide bonds. The van der Waals surface area contributed by atoms with Gasteiger partial charge in [0.2, 0.25) is 0 Å². The van der Waals surface area contributed by atoms with Crippen molar-refractivity contribution in [3.05, 3.63) is 35.9 Å². The van der Waals surface area contributed by atoms with Crippen molar-refractivity contribution in [2.75, 3.05) is 19.3 Å². The van der Waals surface area contributed by atoms with Gasteiger partial charge in [-0.05, 0) is 56.3 Å². The zero-order valence-corrected chi connectivity index (χ0v) is 15.1. The van der Waals surface area contributed by atoms with Gasteiger partial charge >= 0.3 is 0 Å². The largest absolute Gasteiger partial charge is 0.357 e. The second-order valence-electron chi connectivity index (χ2n) is 6.74. The average Bonchev–Trinajstić information content (AvgIpc) is 3.23. The van der Waals surface area contributed by atoms with E-state index in [4.69, 9.17) is 4.99 Å². The van der Waals surface area contributed by atoms with Crippen molar-refractivity contribution >= 4 is 17.7 Å². The lowest BCUT2D eigenvalue weighted by molar-refractivity contribution is 0.613. The molecule has 2 aliphatic carbocycles. The standard InChI is InChI=1S/C19H29N3S/c1-3-20-19(22-16-9-10-17(12-16)23-2)21-13-15-11-18(15)14-7-5-4-6-8-14/h4-8,15-18H,3,9-13H2,1-2H3,(H2,20,21,22). The minimum Gasteiger partial charge on any atom is -0.357 e. The maximum absolute atomic E-state index is 4.85. The predicted octanol–water partition coefficient (Wildman–Crippen LogP) is 3.63. The topological polar surface area (TPSA) is 36.4 Å². The second kappa shape index (κ2) is 8.09. The minimum atomic E-state index is 0.592. The molecule has 0 bridgehead atoms. The molecule has 2 aliphatic rings. The number of hydrogen-bond donors (Lipinski definition) is 2. The molecule has 3 rings (SSSR count). The summed E-state index contributed by atoms with van der Waals surface area (Å²) in [5.41, 5.74) is 1.48. The van der Waals surface area contributed by atoms with Crippen molar-refractivity contribution < 1.29 is 0 Å². The molecule has 2 N–H and O–H groups in total. The van der Waals surface area contributed by atoms with Crippen LogP contribution < -0.4 is 10.6 Å². The molecule has 0 radical (unpaired) electrons. The third-order valence-corrected chi connectivity index (χ3v) is 6.13. The SMILES string of the molecule is CCNC(=NCC1CC1c1ccccc1)NC1CCC(SC)C1. The Balaban J connectivity index is 1.50. The first-order valence-electron chi connectivity index (χ1n) is 8.92. The summed E-state index contributed by atoms with van der Waals surface area (Å²) in [7, 11) is 0. The van der Waals surface area contributed by atoms with Crippen LogP contribution in [0.25, 0.3) is 0 Å². The highest BCUT2D eigenvalue weighted by molar-refractivity contribution is 7.99. The summed E-state index contributed by atoms with van der Waals surface area (Å²) < 4.78 is 0. The van der Waals surface area contributed by atoms with Crippen LogP contribution in [0.3, 0.4) is 0 Å². The first-order valence-corrected chi connectivity index (χ1v) is 10.2. The van der Waals surface area contributed by atoms with Crippen LogP contribution in [0, 0.1) is 5.92 Å². The number of benzene rings is 1. The summed E-state index contributed by atoms with van der Waals surface area (Å²) >= 11 is 2.00. The van der Waals surface area contributed by atoms with Gasteiger partial charge in [-0.2, -0.15) is 11.8 Å². The number of aliphatic imine (C=N–C) groups is 1. The van der Waals surface area contributed by atoms with E-state index in [0.717, 1.165) is 36.1 Å². The molecule has 23 heavy (non-hydrogen) atoms. The first kappa shape index (κ1) is 16.7. The third-order valence-electron chi connectivity index (χ3n) is 5.04.